The number of halogens is 3. The van der Waals surface area contributed by atoms with Gasteiger partial charge in [0.1, 0.15) is 24.7 Å². The van der Waals surface area contributed by atoms with Crippen LogP contribution in [0.3, 0.4) is 0 Å². The lowest BCUT2D eigenvalue weighted by Gasteiger charge is -2.36. The Morgan fingerprint density at radius 1 is 1.18 bits per heavy atom. The molecule has 1 fully saturated rings. The predicted molar refractivity (Wildman–Crippen MR) is 101 cm³/mol. The number of benzene rings is 1. The summed E-state index contributed by atoms with van der Waals surface area (Å²) in [6.07, 6.45) is 0.0614. The van der Waals surface area contributed by atoms with Gasteiger partial charge in [0, 0.05) is 37.2 Å². The highest BCUT2D eigenvalue weighted by atomic mass is 19.4. The lowest BCUT2D eigenvalue weighted by atomic mass is 9.97. The van der Waals surface area contributed by atoms with Gasteiger partial charge in [0.15, 0.2) is 0 Å². The van der Waals surface area contributed by atoms with E-state index in [1.807, 2.05) is 6.08 Å². The number of hydrogen-bond acceptors (Lipinski definition) is 5. The summed E-state index contributed by atoms with van der Waals surface area (Å²) in [4.78, 5) is 6.93. The van der Waals surface area contributed by atoms with Crippen molar-refractivity contribution in [2.45, 2.75) is 25.1 Å². The van der Waals surface area contributed by atoms with E-state index >= 15 is 0 Å². The zero-order chi connectivity index (χ0) is 20.3. The molecule has 0 unspecified atom stereocenters. The van der Waals surface area contributed by atoms with Crippen LogP contribution >= 0.6 is 0 Å². The van der Waals surface area contributed by atoms with Crippen molar-refractivity contribution >= 4 is 5.71 Å². The van der Waals surface area contributed by atoms with E-state index in [0.717, 1.165) is 11.8 Å². The molecule has 1 saturated heterocycles. The Morgan fingerprint density at radius 2 is 1.86 bits per heavy atom. The molecule has 0 bridgehead atoms. The van der Waals surface area contributed by atoms with Crippen molar-refractivity contribution in [3.05, 3.63) is 65.5 Å². The maximum atomic E-state index is 13.1. The van der Waals surface area contributed by atoms with Crippen LogP contribution in [0.25, 0.3) is 0 Å². The molecule has 28 heavy (non-hydrogen) atoms. The van der Waals surface area contributed by atoms with Crippen LogP contribution in [0.4, 0.5) is 13.2 Å². The van der Waals surface area contributed by atoms with Crippen molar-refractivity contribution in [2.24, 2.45) is 10.9 Å². The Bertz CT molecular complexity index is 835. The number of allylic oxidation sites excluding steroid dienone is 4. The summed E-state index contributed by atoms with van der Waals surface area (Å²) in [6.45, 7) is 5.29. The van der Waals surface area contributed by atoms with E-state index in [2.05, 4.69) is 16.6 Å². The Labute approximate surface area is 161 Å². The third-order valence-corrected chi connectivity index (χ3v) is 4.74. The van der Waals surface area contributed by atoms with E-state index in [-0.39, 0.29) is 11.9 Å². The average Bonchev–Trinajstić information content (AvgIpc) is 2.66. The van der Waals surface area contributed by atoms with Crippen LogP contribution in [-0.4, -0.2) is 36.9 Å². The van der Waals surface area contributed by atoms with E-state index in [9.17, 15) is 13.2 Å². The molecule has 150 valence electrons. The van der Waals surface area contributed by atoms with Crippen LogP contribution in [0.5, 0.6) is 5.75 Å². The Kier molecular flexibility index (Phi) is 5.67. The van der Waals surface area contributed by atoms with Crippen molar-refractivity contribution in [1.29, 1.82) is 0 Å². The molecule has 0 atom stereocenters. The van der Waals surface area contributed by atoms with E-state index in [1.165, 1.54) is 19.2 Å². The summed E-state index contributed by atoms with van der Waals surface area (Å²) in [5.41, 5.74) is 7.65. The van der Waals surface area contributed by atoms with Gasteiger partial charge in [-0.25, -0.2) is 0 Å². The fraction of sp³-hybridized carbons (Fsp3) is 0.350. The van der Waals surface area contributed by atoms with Crippen LogP contribution in [0.15, 0.2) is 65.1 Å². The summed E-state index contributed by atoms with van der Waals surface area (Å²) in [7, 11) is 1.44. The minimum absolute atomic E-state index is 0.125. The number of rotatable bonds is 4. The van der Waals surface area contributed by atoms with E-state index in [0.29, 0.717) is 42.9 Å². The molecule has 5 nitrogen and oxygen atoms in total. The maximum Gasteiger partial charge on any atom is 0.419 e. The van der Waals surface area contributed by atoms with Gasteiger partial charge in [-0.3, -0.25) is 0 Å². The Morgan fingerprint density at radius 3 is 2.50 bits per heavy atom. The van der Waals surface area contributed by atoms with Crippen molar-refractivity contribution in [2.75, 3.05) is 20.2 Å². The standard InChI is InChI=1S/C20H22F3N3O2/c1-13-17(8-7-16(24)19(13)25-27-2)26-11-9-14(10-12-26)28-18-6-4-3-5-15(18)20(21,22)23/h3-8,14H,1,9-12,24H2,2H3/b25-19+. The molecule has 0 spiro atoms. The highest BCUT2D eigenvalue weighted by molar-refractivity contribution is 6.15. The molecular formula is C20H22F3N3O2. The normalized spacial score (nSPS) is 20.1. The monoisotopic (exact) mass is 393 g/mol. The van der Waals surface area contributed by atoms with Crippen molar-refractivity contribution < 1.29 is 22.7 Å². The lowest BCUT2D eigenvalue weighted by molar-refractivity contribution is -0.139. The number of alkyl halides is 3. The first-order valence-corrected chi connectivity index (χ1v) is 8.87. The topological polar surface area (TPSA) is 60.1 Å². The first-order chi connectivity index (χ1) is 13.3. The fourth-order valence-corrected chi connectivity index (χ4v) is 3.34. The van der Waals surface area contributed by atoms with Gasteiger partial charge in [-0.1, -0.05) is 23.9 Å². The summed E-state index contributed by atoms with van der Waals surface area (Å²) in [5, 5.41) is 3.92. The number of nitrogens with zero attached hydrogens (tertiary/aromatic N) is 2. The van der Waals surface area contributed by atoms with Crippen LogP contribution in [0.2, 0.25) is 0 Å². The number of likely N-dealkylation sites (tertiary alicyclic amines) is 1. The van der Waals surface area contributed by atoms with E-state index in [1.54, 1.807) is 12.1 Å². The predicted octanol–water partition coefficient (Wildman–Crippen LogP) is 3.85. The maximum absolute atomic E-state index is 13.1. The molecule has 0 amide bonds. The highest BCUT2D eigenvalue weighted by Gasteiger charge is 2.35. The summed E-state index contributed by atoms with van der Waals surface area (Å²) in [5.74, 6) is -0.125. The fourth-order valence-electron chi connectivity index (χ4n) is 3.34. The zero-order valence-electron chi connectivity index (χ0n) is 15.5. The van der Waals surface area contributed by atoms with Gasteiger partial charge in [0.2, 0.25) is 0 Å². The number of para-hydroxylation sites is 1. The van der Waals surface area contributed by atoms with Crippen LogP contribution in [0, 0.1) is 0 Å². The van der Waals surface area contributed by atoms with Gasteiger partial charge < -0.3 is 20.2 Å². The van der Waals surface area contributed by atoms with Crippen LogP contribution < -0.4 is 10.5 Å². The summed E-state index contributed by atoms with van der Waals surface area (Å²) in [6, 6.07) is 5.30. The molecule has 3 rings (SSSR count). The zero-order valence-corrected chi connectivity index (χ0v) is 15.5. The number of oxime groups is 1. The first-order valence-electron chi connectivity index (χ1n) is 8.87. The molecular weight excluding hydrogens is 371 g/mol. The minimum Gasteiger partial charge on any atom is -0.490 e. The highest BCUT2D eigenvalue weighted by Crippen LogP contribution is 2.37. The second-order valence-electron chi connectivity index (χ2n) is 6.57. The number of hydrogen-bond donors (Lipinski definition) is 1. The molecule has 2 aliphatic rings. The largest absolute Gasteiger partial charge is 0.490 e. The first kappa shape index (κ1) is 19.9. The minimum atomic E-state index is -4.44. The van der Waals surface area contributed by atoms with Gasteiger partial charge >= 0.3 is 6.18 Å². The van der Waals surface area contributed by atoms with Gasteiger partial charge in [-0.05, 0) is 24.3 Å². The third kappa shape index (κ3) is 4.16. The summed E-state index contributed by atoms with van der Waals surface area (Å²) < 4.78 is 45.1. The molecule has 0 radical (unpaired) electrons. The number of ether oxygens (including phenoxy) is 1. The average molecular weight is 393 g/mol. The number of piperidine rings is 1. The quantitative estimate of drug-likeness (QED) is 0.790. The SMILES string of the molecule is C=C1C(N2CCC(Oc3ccccc3C(F)(F)F)CC2)=CC=C(N)/C1=N/OC. The van der Waals surface area contributed by atoms with Gasteiger partial charge in [-0.15, -0.1) is 0 Å². The second-order valence-corrected chi connectivity index (χ2v) is 6.57. The molecule has 1 heterocycles. The molecule has 0 saturated carbocycles. The van der Waals surface area contributed by atoms with Crippen molar-refractivity contribution in [3.8, 4) is 5.75 Å². The van der Waals surface area contributed by atoms with Crippen LogP contribution in [-0.2, 0) is 11.0 Å². The van der Waals surface area contributed by atoms with Crippen molar-refractivity contribution in [1.82, 2.24) is 4.90 Å². The smallest absolute Gasteiger partial charge is 0.419 e. The van der Waals surface area contributed by atoms with E-state index < -0.39 is 11.7 Å². The molecule has 0 aromatic heterocycles. The lowest BCUT2D eigenvalue weighted by Crippen LogP contribution is -2.39. The molecule has 1 aliphatic heterocycles. The molecule has 8 heteroatoms. The van der Waals surface area contributed by atoms with Crippen molar-refractivity contribution in [3.63, 3.8) is 0 Å². The van der Waals surface area contributed by atoms with Crippen LogP contribution in [0.1, 0.15) is 18.4 Å². The van der Waals surface area contributed by atoms with Gasteiger partial charge in [0.25, 0.3) is 0 Å². The third-order valence-electron chi connectivity index (χ3n) is 4.74. The summed E-state index contributed by atoms with van der Waals surface area (Å²) >= 11 is 0. The second kappa shape index (κ2) is 8.00. The number of nitrogens with two attached hydrogens (primary N) is 1. The molecule has 2 N–H and O–H groups in total. The molecule has 1 aromatic carbocycles. The Hall–Kier alpha value is -2.90. The molecule has 1 aromatic rings. The van der Waals surface area contributed by atoms with Gasteiger partial charge in [-0.2, -0.15) is 13.2 Å². The van der Waals surface area contributed by atoms with Gasteiger partial charge in [0.05, 0.1) is 11.3 Å². The Balaban J connectivity index is 1.66. The molecule has 1 aliphatic carbocycles. The van der Waals surface area contributed by atoms with E-state index in [4.69, 9.17) is 15.3 Å².